The van der Waals surface area contributed by atoms with Crippen molar-refractivity contribution in [1.82, 2.24) is 0 Å². The van der Waals surface area contributed by atoms with Crippen molar-refractivity contribution in [3.05, 3.63) is 65.2 Å². The van der Waals surface area contributed by atoms with Gasteiger partial charge in [-0.05, 0) is 31.5 Å². The number of halogens is 3. The second-order valence-corrected chi connectivity index (χ2v) is 6.20. The van der Waals surface area contributed by atoms with Crippen molar-refractivity contribution in [1.29, 1.82) is 0 Å². The van der Waals surface area contributed by atoms with Gasteiger partial charge < -0.3 is 4.74 Å². The monoisotopic (exact) mass is 361 g/mol. The van der Waals surface area contributed by atoms with Crippen molar-refractivity contribution in [2.75, 3.05) is 0 Å². The Hall–Kier alpha value is -2.63. The molecule has 1 aliphatic rings. The van der Waals surface area contributed by atoms with Crippen LogP contribution in [0.2, 0.25) is 0 Å². The molecule has 1 aliphatic heterocycles. The molecule has 2 aromatic rings. The van der Waals surface area contributed by atoms with Crippen LogP contribution in [0.25, 0.3) is 0 Å². The van der Waals surface area contributed by atoms with Crippen LogP contribution < -0.4 is 0 Å². The van der Waals surface area contributed by atoms with Gasteiger partial charge in [-0.1, -0.05) is 37.3 Å². The summed E-state index contributed by atoms with van der Waals surface area (Å²) >= 11 is 0. The van der Waals surface area contributed by atoms with E-state index < -0.39 is 23.3 Å². The molecule has 0 N–H and O–H groups in total. The van der Waals surface area contributed by atoms with Crippen LogP contribution in [0.3, 0.4) is 0 Å². The second kappa shape index (κ2) is 6.59. The molecule has 3 nitrogen and oxygen atoms in total. The van der Waals surface area contributed by atoms with Gasteiger partial charge in [-0.25, -0.2) is 0 Å². The molecule has 0 aliphatic carbocycles. The van der Waals surface area contributed by atoms with Crippen molar-refractivity contribution in [3.8, 4) is 0 Å². The lowest BCUT2D eigenvalue weighted by atomic mass is 9.83. The van der Waals surface area contributed by atoms with Crippen LogP contribution in [0.15, 0.2) is 53.5 Å². The summed E-state index contributed by atoms with van der Waals surface area (Å²) < 4.78 is 45.4. The van der Waals surface area contributed by atoms with Gasteiger partial charge in [0.15, 0.2) is 0 Å². The molecule has 1 unspecified atom stereocenters. The third kappa shape index (κ3) is 3.00. The lowest BCUT2D eigenvalue weighted by molar-refractivity contribution is -0.151. The van der Waals surface area contributed by atoms with Gasteiger partial charge in [0.05, 0.1) is 17.0 Å². The summed E-state index contributed by atoms with van der Waals surface area (Å²) in [7, 11) is 0. The molecular weight excluding hydrogens is 343 g/mol. The Bertz CT molecular complexity index is 873. The maximum absolute atomic E-state index is 13.2. The predicted molar refractivity (Wildman–Crippen MR) is 92.4 cm³/mol. The number of carbonyl (C=O) groups is 1. The molecule has 0 radical (unpaired) electrons. The minimum atomic E-state index is -4.49. The number of fused-ring (bicyclic) bond motifs is 1. The Kier molecular flexibility index (Phi) is 4.61. The van der Waals surface area contributed by atoms with E-state index in [1.165, 1.54) is 12.1 Å². The number of hydrogen-bond acceptors (Lipinski definition) is 3. The normalized spacial score (nSPS) is 19.0. The Morgan fingerprint density at radius 1 is 1.15 bits per heavy atom. The number of para-hydroxylation sites is 1. The lowest BCUT2D eigenvalue weighted by Gasteiger charge is -2.32. The molecule has 6 heteroatoms. The van der Waals surface area contributed by atoms with E-state index in [0.29, 0.717) is 23.4 Å². The molecule has 0 amide bonds. The van der Waals surface area contributed by atoms with Crippen LogP contribution >= 0.6 is 0 Å². The van der Waals surface area contributed by atoms with Gasteiger partial charge in [0.1, 0.15) is 0 Å². The zero-order valence-electron chi connectivity index (χ0n) is 14.4. The Morgan fingerprint density at radius 2 is 1.88 bits per heavy atom. The number of ether oxygens (including phenoxy) is 1. The van der Waals surface area contributed by atoms with E-state index in [-0.39, 0.29) is 12.0 Å². The quantitative estimate of drug-likeness (QED) is 0.684. The zero-order chi connectivity index (χ0) is 18.9. The standard InChI is InChI=1S/C20H18F3NO2/c1-3-7-18(25)26-19(13(2)24-17-11-5-4-10-16(17)19)14-8-6-9-15(12-14)20(21,22)23/h4-6,8-12H,3,7H2,1-2H3. The lowest BCUT2D eigenvalue weighted by Crippen LogP contribution is -2.38. The van der Waals surface area contributed by atoms with Crippen molar-refractivity contribution in [3.63, 3.8) is 0 Å². The van der Waals surface area contributed by atoms with Gasteiger partial charge in [0, 0.05) is 17.5 Å². The zero-order valence-corrected chi connectivity index (χ0v) is 14.4. The number of benzene rings is 2. The van der Waals surface area contributed by atoms with Crippen LogP contribution in [0.5, 0.6) is 0 Å². The summed E-state index contributed by atoms with van der Waals surface area (Å²) in [6.07, 6.45) is -3.74. The highest BCUT2D eigenvalue weighted by molar-refractivity contribution is 6.03. The van der Waals surface area contributed by atoms with Gasteiger partial charge in [-0.15, -0.1) is 0 Å². The molecule has 0 saturated carbocycles. The average molecular weight is 361 g/mol. The predicted octanol–water partition coefficient (Wildman–Crippen LogP) is 5.40. The minimum absolute atomic E-state index is 0.177. The molecule has 0 fully saturated rings. The van der Waals surface area contributed by atoms with E-state index in [1.807, 2.05) is 6.92 Å². The SMILES string of the molecule is CCCC(=O)OC1(c2cccc(C(F)(F)F)c2)C(C)=Nc2ccccc21. The number of alkyl halides is 3. The summed E-state index contributed by atoms with van der Waals surface area (Å²) in [6, 6.07) is 11.9. The number of nitrogens with zero attached hydrogens (tertiary/aromatic N) is 1. The van der Waals surface area contributed by atoms with Crippen molar-refractivity contribution < 1.29 is 22.7 Å². The maximum atomic E-state index is 13.2. The first kappa shape index (κ1) is 18.2. The maximum Gasteiger partial charge on any atom is 0.416 e. The van der Waals surface area contributed by atoms with E-state index in [0.717, 1.165) is 12.1 Å². The molecule has 0 spiro atoms. The summed E-state index contributed by atoms with van der Waals surface area (Å²) in [6.45, 7) is 3.50. The fraction of sp³-hybridized carbons (Fsp3) is 0.300. The Labute approximate surface area is 149 Å². The van der Waals surface area contributed by atoms with E-state index in [4.69, 9.17) is 4.74 Å². The minimum Gasteiger partial charge on any atom is -0.443 e. The molecule has 136 valence electrons. The third-order valence-corrected chi connectivity index (χ3v) is 4.40. The fourth-order valence-corrected chi connectivity index (χ4v) is 3.22. The summed E-state index contributed by atoms with van der Waals surface area (Å²) in [4.78, 5) is 16.8. The van der Waals surface area contributed by atoms with Crippen LogP contribution in [-0.2, 0) is 21.3 Å². The number of rotatable bonds is 4. The van der Waals surface area contributed by atoms with Crippen LogP contribution in [0, 0.1) is 0 Å². The molecule has 3 rings (SSSR count). The average Bonchev–Trinajstić information content (AvgIpc) is 2.87. The van der Waals surface area contributed by atoms with Gasteiger partial charge in [0.2, 0.25) is 5.60 Å². The van der Waals surface area contributed by atoms with Crippen molar-refractivity contribution in [2.24, 2.45) is 4.99 Å². The van der Waals surface area contributed by atoms with E-state index in [1.54, 1.807) is 31.2 Å². The highest BCUT2D eigenvalue weighted by Gasteiger charge is 2.47. The first-order valence-electron chi connectivity index (χ1n) is 8.34. The van der Waals surface area contributed by atoms with Crippen molar-refractivity contribution >= 4 is 17.4 Å². The van der Waals surface area contributed by atoms with Gasteiger partial charge in [-0.2, -0.15) is 13.2 Å². The molecule has 1 atom stereocenters. The molecular formula is C20H18F3NO2. The number of esters is 1. The van der Waals surface area contributed by atoms with Crippen LogP contribution in [-0.4, -0.2) is 11.7 Å². The number of carbonyl (C=O) groups excluding carboxylic acids is 1. The first-order chi connectivity index (χ1) is 12.3. The highest BCUT2D eigenvalue weighted by atomic mass is 19.4. The Balaban J connectivity index is 2.21. The number of hydrogen-bond donors (Lipinski definition) is 0. The summed E-state index contributed by atoms with van der Waals surface area (Å²) in [5, 5.41) is 0. The number of aliphatic imine (C=N–C) groups is 1. The molecule has 26 heavy (non-hydrogen) atoms. The molecule has 2 aromatic carbocycles. The molecule has 0 saturated heterocycles. The third-order valence-electron chi connectivity index (χ3n) is 4.40. The van der Waals surface area contributed by atoms with Gasteiger partial charge in [-0.3, -0.25) is 9.79 Å². The van der Waals surface area contributed by atoms with E-state index in [2.05, 4.69) is 4.99 Å². The topological polar surface area (TPSA) is 38.7 Å². The molecule has 0 aromatic heterocycles. The molecule has 1 heterocycles. The van der Waals surface area contributed by atoms with Gasteiger partial charge >= 0.3 is 12.1 Å². The van der Waals surface area contributed by atoms with Crippen molar-refractivity contribution in [2.45, 2.75) is 38.5 Å². The summed E-state index contributed by atoms with van der Waals surface area (Å²) in [5.41, 5.74) is -0.402. The first-order valence-corrected chi connectivity index (χ1v) is 8.34. The second-order valence-electron chi connectivity index (χ2n) is 6.20. The largest absolute Gasteiger partial charge is 0.443 e. The van der Waals surface area contributed by atoms with E-state index >= 15 is 0 Å². The van der Waals surface area contributed by atoms with Crippen LogP contribution in [0.1, 0.15) is 43.4 Å². The molecule has 0 bridgehead atoms. The smallest absolute Gasteiger partial charge is 0.416 e. The van der Waals surface area contributed by atoms with Gasteiger partial charge in [0.25, 0.3) is 0 Å². The van der Waals surface area contributed by atoms with E-state index in [9.17, 15) is 18.0 Å². The van der Waals surface area contributed by atoms with Crippen LogP contribution in [0.4, 0.5) is 18.9 Å². The summed E-state index contributed by atoms with van der Waals surface area (Å²) in [5.74, 6) is -0.476. The fourth-order valence-electron chi connectivity index (χ4n) is 3.22. The highest BCUT2D eigenvalue weighted by Crippen LogP contribution is 2.46. The Morgan fingerprint density at radius 3 is 2.58 bits per heavy atom.